The van der Waals surface area contributed by atoms with Crippen LogP contribution in [0.4, 0.5) is 5.69 Å². The topological polar surface area (TPSA) is 132 Å². The third-order valence-corrected chi connectivity index (χ3v) is 4.53. The maximum Gasteiger partial charge on any atom is 0.336 e. The van der Waals surface area contributed by atoms with E-state index in [4.69, 9.17) is 4.42 Å². The lowest BCUT2D eigenvalue weighted by Crippen LogP contribution is -2.39. The molecule has 1 aliphatic heterocycles. The number of hydrogen-bond acceptors (Lipinski definition) is 4. The second kappa shape index (κ2) is 6.33. The Morgan fingerprint density at radius 1 is 0.857 bits per heavy atom. The molecular weight excluding hydrogens is 362 g/mol. The number of carboxylic acids is 2. The van der Waals surface area contributed by atoms with Crippen LogP contribution in [-0.4, -0.2) is 22.2 Å². The van der Waals surface area contributed by atoms with Gasteiger partial charge in [0.15, 0.2) is 5.43 Å². The first-order valence-corrected chi connectivity index (χ1v) is 8.29. The smallest absolute Gasteiger partial charge is 0.336 e. The third-order valence-electron chi connectivity index (χ3n) is 4.53. The van der Waals surface area contributed by atoms with Gasteiger partial charge in [-0.15, -0.1) is 0 Å². The molecule has 2 aromatic rings. The molecule has 5 N–H and O–H groups in total. The number of fused-ring (bicyclic) bond motifs is 2. The molecule has 0 unspecified atom stereocenters. The molecular formula is C21H14NO6+. The number of quaternary nitrogens is 1. The molecule has 2 aromatic carbocycles. The fourth-order valence-corrected chi connectivity index (χ4v) is 3.36. The quantitative estimate of drug-likeness (QED) is 0.471. The van der Waals surface area contributed by atoms with Crippen LogP contribution >= 0.6 is 0 Å². The summed E-state index contributed by atoms with van der Waals surface area (Å²) in [5.74, 6) is -2.28. The highest BCUT2D eigenvalue weighted by Crippen LogP contribution is 2.42. The second-order valence-corrected chi connectivity index (χ2v) is 6.30. The van der Waals surface area contributed by atoms with E-state index < -0.39 is 11.9 Å². The van der Waals surface area contributed by atoms with E-state index in [-0.39, 0.29) is 27.9 Å². The van der Waals surface area contributed by atoms with Crippen LogP contribution in [0.25, 0.3) is 33.4 Å². The van der Waals surface area contributed by atoms with Crippen LogP contribution < -0.4 is 11.2 Å². The van der Waals surface area contributed by atoms with Gasteiger partial charge in [-0.1, -0.05) is 6.07 Å². The predicted molar refractivity (Wildman–Crippen MR) is 101 cm³/mol. The van der Waals surface area contributed by atoms with Crippen LogP contribution in [0.2, 0.25) is 0 Å². The van der Waals surface area contributed by atoms with Gasteiger partial charge in [0, 0.05) is 34.2 Å². The van der Waals surface area contributed by atoms with Crippen molar-refractivity contribution in [3.8, 4) is 22.5 Å². The maximum atomic E-state index is 11.9. The standard InChI is InChI=1S/C21H13NO6/c22-10-4-6-12-16(8-10)28-17-9-11(23)5-7-13(17)18(12)19-14(20(24)25)2-1-3-15(19)21(26)27/h1-9H,22H2,(H,24,25)(H,26,27)/p+1. The molecule has 0 aromatic heterocycles. The van der Waals surface area contributed by atoms with Gasteiger partial charge in [-0.2, -0.15) is 0 Å². The van der Waals surface area contributed by atoms with Gasteiger partial charge >= 0.3 is 11.9 Å². The zero-order chi connectivity index (χ0) is 20.0. The Kier molecular flexibility index (Phi) is 3.94. The molecule has 138 valence electrons. The van der Waals surface area contributed by atoms with Gasteiger partial charge in [-0.3, -0.25) is 4.79 Å². The van der Waals surface area contributed by atoms with Gasteiger partial charge in [0.1, 0.15) is 17.0 Å². The molecule has 1 heterocycles. The van der Waals surface area contributed by atoms with Gasteiger partial charge in [0.2, 0.25) is 0 Å². The van der Waals surface area contributed by atoms with Crippen molar-refractivity contribution >= 4 is 28.6 Å². The summed E-state index contributed by atoms with van der Waals surface area (Å²) in [6.45, 7) is 0. The SMILES string of the molecule is [NH3+]c1ccc2c(-c3c(C(=O)O)cccc3C(=O)O)c3ccc(=O)cc-3oc2c1. The number of rotatable bonds is 3. The molecule has 0 saturated carbocycles. The summed E-state index contributed by atoms with van der Waals surface area (Å²) < 4.78 is 5.84. The second-order valence-electron chi connectivity index (χ2n) is 6.30. The van der Waals surface area contributed by atoms with E-state index in [0.717, 1.165) is 0 Å². The molecule has 0 fully saturated rings. The minimum atomic E-state index is -1.26. The lowest BCUT2D eigenvalue weighted by Gasteiger charge is -2.18. The van der Waals surface area contributed by atoms with E-state index in [1.165, 1.54) is 36.4 Å². The molecule has 0 bridgehead atoms. The summed E-state index contributed by atoms with van der Waals surface area (Å²) in [6, 6.07) is 13.3. The highest BCUT2D eigenvalue weighted by Gasteiger charge is 2.26. The fourth-order valence-electron chi connectivity index (χ4n) is 3.36. The highest BCUT2D eigenvalue weighted by atomic mass is 16.4. The van der Waals surface area contributed by atoms with Crippen molar-refractivity contribution in [1.82, 2.24) is 0 Å². The van der Waals surface area contributed by atoms with Crippen LogP contribution in [0.1, 0.15) is 20.7 Å². The predicted octanol–water partition coefficient (Wildman–Crippen LogP) is 2.83. The van der Waals surface area contributed by atoms with Gasteiger partial charge in [-0.25, -0.2) is 9.59 Å². The molecule has 7 heteroatoms. The molecule has 0 saturated heterocycles. The van der Waals surface area contributed by atoms with E-state index in [2.05, 4.69) is 5.73 Å². The molecule has 0 amide bonds. The van der Waals surface area contributed by atoms with E-state index in [0.29, 0.717) is 27.8 Å². The van der Waals surface area contributed by atoms with E-state index in [9.17, 15) is 24.6 Å². The van der Waals surface area contributed by atoms with Crippen LogP contribution in [-0.2, 0) is 0 Å². The van der Waals surface area contributed by atoms with Crippen LogP contribution in [0, 0.1) is 0 Å². The molecule has 0 spiro atoms. The Balaban J connectivity index is 2.28. The Labute approximate surface area is 157 Å². The normalized spacial score (nSPS) is 11.0. The van der Waals surface area contributed by atoms with Gasteiger partial charge < -0.3 is 20.4 Å². The first-order valence-electron chi connectivity index (χ1n) is 8.29. The zero-order valence-electron chi connectivity index (χ0n) is 14.4. The van der Waals surface area contributed by atoms with Crippen molar-refractivity contribution in [2.75, 3.05) is 0 Å². The number of carbonyl (C=O) groups is 2. The van der Waals surface area contributed by atoms with Gasteiger partial charge in [-0.05, 0) is 36.4 Å². The first kappa shape index (κ1) is 17.4. The number of aromatic carboxylic acids is 2. The molecule has 0 radical (unpaired) electrons. The summed E-state index contributed by atoms with van der Waals surface area (Å²) in [6.07, 6.45) is 0. The highest BCUT2D eigenvalue weighted by molar-refractivity contribution is 6.12. The Hall–Kier alpha value is -3.97. The Morgan fingerprint density at radius 3 is 2.18 bits per heavy atom. The average Bonchev–Trinajstić information content (AvgIpc) is 2.65. The Bertz CT molecular complexity index is 1270. The summed E-state index contributed by atoms with van der Waals surface area (Å²) in [5.41, 5.74) is 5.18. The minimum Gasteiger partial charge on any atom is -0.478 e. The molecule has 4 rings (SSSR count). The van der Waals surface area contributed by atoms with Crippen LogP contribution in [0.3, 0.4) is 0 Å². The average molecular weight is 376 g/mol. The molecule has 0 atom stereocenters. The zero-order valence-corrected chi connectivity index (χ0v) is 14.4. The van der Waals surface area contributed by atoms with Crippen LogP contribution in [0.5, 0.6) is 0 Å². The lowest BCUT2D eigenvalue weighted by atomic mass is 9.87. The van der Waals surface area contributed by atoms with Crippen LogP contribution in [0.15, 0.2) is 63.8 Å². The maximum absolute atomic E-state index is 11.9. The third kappa shape index (κ3) is 2.70. The molecule has 7 nitrogen and oxygen atoms in total. The number of carboxylic acid groups (broad SMARTS) is 2. The van der Waals surface area contributed by atoms with Crippen molar-refractivity contribution in [3.05, 3.63) is 75.9 Å². The van der Waals surface area contributed by atoms with Gasteiger partial charge in [0.05, 0.1) is 11.1 Å². The fraction of sp³-hybridized carbons (Fsp3) is 0. The molecule has 28 heavy (non-hydrogen) atoms. The summed E-state index contributed by atoms with van der Waals surface area (Å²) in [5, 5.41) is 19.9. The summed E-state index contributed by atoms with van der Waals surface area (Å²) in [7, 11) is 0. The van der Waals surface area contributed by atoms with Gasteiger partial charge in [0.25, 0.3) is 0 Å². The minimum absolute atomic E-state index is 0.0590. The Morgan fingerprint density at radius 2 is 1.54 bits per heavy atom. The first-order chi connectivity index (χ1) is 13.4. The van der Waals surface area contributed by atoms with E-state index >= 15 is 0 Å². The molecule has 2 aliphatic rings. The van der Waals surface area contributed by atoms with Crippen molar-refractivity contribution in [2.45, 2.75) is 0 Å². The monoisotopic (exact) mass is 376 g/mol. The summed E-state index contributed by atoms with van der Waals surface area (Å²) in [4.78, 5) is 35.6. The number of hydrogen-bond donors (Lipinski definition) is 3. The number of benzene rings is 3. The largest absolute Gasteiger partial charge is 0.478 e. The van der Waals surface area contributed by atoms with Crippen molar-refractivity contribution in [1.29, 1.82) is 0 Å². The summed E-state index contributed by atoms with van der Waals surface area (Å²) >= 11 is 0. The van der Waals surface area contributed by atoms with Crippen molar-refractivity contribution in [2.24, 2.45) is 0 Å². The van der Waals surface area contributed by atoms with Crippen molar-refractivity contribution < 1.29 is 30.0 Å². The van der Waals surface area contributed by atoms with E-state index in [1.807, 2.05) is 0 Å². The molecule has 1 aliphatic carbocycles. The lowest BCUT2D eigenvalue weighted by molar-refractivity contribution is -0.254. The van der Waals surface area contributed by atoms with Crippen molar-refractivity contribution in [3.63, 3.8) is 0 Å². The van der Waals surface area contributed by atoms with E-state index in [1.54, 1.807) is 18.2 Å².